The zero-order valence-electron chi connectivity index (χ0n) is 12.0. The van der Waals surface area contributed by atoms with E-state index in [2.05, 4.69) is 47.1 Å². The monoisotopic (exact) mass is 334 g/mol. The second-order valence-corrected chi connectivity index (χ2v) is 6.10. The van der Waals surface area contributed by atoms with Crippen LogP contribution in [0.25, 0.3) is 0 Å². The van der Waals surface area contributed by atoms with Gasteiger partial charge in [0.1, 0.15) is 5.82 Å². The molecule has 0 aliphatic rings. The van der Waals surface area contributed by atoms with Crippen molar-refractivity contribution in [3.63, 3.8) is 0 Å². The van der Waals surface area contributed by atoms with Crippen molar-refractivity contribution in [2.75, 3.05) is 0 Å². The van der Waals surface area contributed by atoms with Crippen LogP contribution in [0.3, 0.4) is 0 Å². The summed E-state index contributed by atoms with van der Waals surface area (Å²) < 4.78 is 14.2. The molecule has 1 unspecified atom stereocenters. The summed E-state index contributed by atoms with van der Waals surface area (Å²) in [4.78, 5) is -0.0948. The van der Waals surface area contributed by atoms with E-state index in [1.165, 1.54) is 18.4 Å². The van der Waals surface area contributed by atoms with Gasteiger partial charge in [0, 0.05) is 5.56 Å². The molecule has 0 fully saturated rings. The maximum atomic E-state index is 14.2. The zero-order chi connectivity index (χ0) is 14.5. The lowest BCUT2D eigenvalue weighted by molar-refractivity contribution is 0.604. The third-order valence-electron chi connectivity index (χ3n) is 3.59. The van der Waals surface area contributed by atoms with Crippen molar-refractivity contribution in [1.29, 1.82) is 0 Å². The van der Waals surface area contributed by atoms with Gasteiger partial charge in [0.2, 0.25) is 0 Å². The Hall–Kier alpha value is -1.15. The molecule has 2 aromatic carbocycles. The molecule has 2 rings (SSSR count). The maximum Gasteiger partial charge on any atom is 0.130 e. The summed E-state index contributed by atoms with van der Waals surface area (Å²) in [6.07, 6.45) is 3.53. The van der Waals surface area contributed by atoms with Gasteiger partial charge in [-0.05, 0) is 36.5 Å². The Labute approximate surface area is 129 Å². The van der Waals surface area contributed by atoms with Crippen LogP contribution in [-0.2, 0) is 6.42 Å². The van der Waals surface area contributed by atoms with E-state index in [0.717, 1.165) is 12.0 Å². The van der Waals surface area contributed by atoms with E-state index in [0.29, 0.717) is 11.1 Å². The van der Waals surface area contributed by atoms with Crippen molar-refractivity contribution in [3.05, 3.63) is 70.5 Å². The summed E-state index contributed by atoms with van der Waals surface area (Å²) in [6, 6.07) is 14.0. The predicted molar refractivity (Wildman–Crippen MR) is 87.0 cm³/mol. The highest BCUT2D eigenvalue weighted by Crippen LogP contribution is 2.33. The molecule has 0 aliphatic heterocycles. The maximum absolute atomic E-state index is 14.2. The van der Waals surface area contributed by atoms with Crippen LogP contribution >= 0.6 is 15.9 Å². The Morgan fingerprint density at radius 1 is 1.10 bits per heavy atom. The van der Waals surface area contributed by atoms with Crippen LogP contribution in [0.1, 0.15) is 46.8 Å². The van der Waals surface area contributed by atoms with Gasteiger partial charge in [-0.15, -0.1) is 0 Å². The molecule has 2 aromatic rings. The first-order chi connectivity index (χ1) is 9.63. The quantitative estimate of drug-likeness (QED) is 0.591. The van der Waals surface area contributed by atoms with Crippen molar-refractivity contribution in [2.45, 2.75) is 37.9 Å². The molecule has 0 saturated heterocycles. The predicted octanol–water partition coefficient (Wildman–Crippen LogP) is 5.96. The van der Waals surface area contributed by atoms with Crippen LogP contribution in [-0.4, -0.2) is 0 Å². The average Bonchev–Trinajstić information content (AvgIpc) is 2.48. The van der Waals surface area contributed by atoms with E-state index in [-0.39, 0.29) is 10.6 Å². The molecule has 0 bridgehead atoms. The Morgan fingerprint density at radius 3 is 2.45 bits per heavy atom. The summed E-state index contributed by atoms with van der Waals surface area (Å²) in [5, 5.41) is 0. The highest BCUT2D eigenvalue weighted by molar-refractivity contribution is 9.09. The molecule has 2 heteroatoms. The van der Waals surface area contributed by atoms with Crippen molar-refractivity contribution in [3.8, 4) is 0 Å². The number of rotatable bonds is 5. The normalized spacial score (nSPS) is 12.4. The Bertz CT molecular complexity index is 560. The van der Waals surface area contributed by atoms with Gasteiger partial charge in [0.25, 0.3) is 0 Å². The molecule has 0 amide bonds. The molecule has 0 radical (unpaired) electrons. The fraction of sp³-hybridized carbons (Fsp3) is 0.333. The van der Waals surface area contributed by atoms with E-state index >= 15 is 0 Å². The van der Waals surface area contributed by atoms with Crippen molar-refractivity contribution >= 4 is 15.9 Å². The minimum atomic E-state index is -0.121. The number of benzene rings is 2. The molecule has 1 atom stereocenters. The van der Waals surface area contributed by atoms with Crippen LogP contribution in [0.15, 0.2) is 42.5 Å². The number of hydrogen-bond acceptors (Lipinski definition) is 0. The Morgan fingerprint density at radius 2 is 1.80 bits per heavy atom. The fourth-order valence-electron chi connectivity index (χ4n) is 2.28. The van der Waals surface area contributed by atoms with E-state index in [9.17, 15) is 4.39 Å². The second-order valence-electron chi connectivity index (χ2n) is 5.19. The largest absolute Gasteiger partial charge is 0.206 e. The van der Waals surface area contributed by atoms with E-state index in [1.54, 1.807) is 13.0 Å². The summed E-state index contributed by atoms with van der Waals surface area (Å²) in [6.45, 7) is 4.00. The van der Waals surface area contributed by atoms with Crippen LogP contribution in [0, 0.1) is 12.7 Å². The van der Waals surface area contributed by atoms with Crippen LogP contribution in [0.4, 0.5) is 4.39 Å². The number of aryl methyl sites for hydroxylation is 2. The van der Waals surface area contributed by atoms with Crippen molar-refractivity contribution in [1.82, 2.24) is 0 Å². The van der Waals surface area contributed by atoms with Gasteiger partial charge >= 0.3 is 0 Å². The summed E-state index contributed by atoms with van der Waals surface area (Å²) in [5.74, 6) is -0.121. The van der Waals surface area contributed by atoms with Crippen LogP contribution < -0.4 is 0 Å². The number of alkyl halides is 1. The number of halogens is 2. The molecule has 0 aromatic heterocycles. The van der Waals surface area contributed by atoms with Gasteiger partial charge in [-0.2, -0.15) is 0 Å². The standard InChI is InChI=1S/C18H20BrF/c1-3-4-7-14-9-11-15(12-10-14)17(19)16-8-5-6-13(2)18(16)20/h5-6,8-12,17H,3-4,7H2,1-2H3. The topological polar surface area (TPSA) is 0 Å². The lowest BCUT2D eigenvalue weighted by Gasteiger charge is -2.13. The molecule has 0 aliphatic carbocycles. The smallest absolute Gasteiger partial charge is 0.130 e. The highest BCUT2D eigenvalue weighted by atomic mass is 79.9. The van der Waals surface area contributed by atoms with Crippen LogP contribution in [0.2, 0.25) is 0 Å². The molecule has 0 saturated carbocycles. The summed E-state index contributed by atoms with van der Waals surface area (Å²) >= 11 is 3.62. The summed E-state index contributed by atoms with van der Waals surface area (Å²) in [5.41, 5.74) is 3.83. The van der Waals surface area contributed by atoms with Gasteiger partial charge in [0.05, 0.1) is 4.83 Å². The van der Waals surface area contributed by atoms with Gasteiger partial charge in [-0.1, -0.05) is 71.7 Å². The zero-order valence-corrected chi connectivity index (χ0v) is 13.6. The third-order valence-corrected chi connectivity index (χ3v) is 4.61. The van der Waals surface area contributed by atoms with Gasteiger partial charge in [-0.25, -0.2) is 4.39 Å². The molecule has 106 valence electrons. The van der Waals surface area contributed by atoms with E-state index in [4.69, 9.17) is 0 Å². The number of unbranched alkanes of at least 4 members (excludes halogenated alkanes) is 1. The molecule has 0 heterocycles. The first-order valence-electron chi connectivity index (χ1n) is 7.11. The lowest BCUT2D eigenvalue weighted by Crippen LogP contribution is -1.98. The average molecular weight is 335 g/mol. The molecule has 0 nitrogen and oxygen atoms in total. The molecule has 0 spiro atoms. The Balaban J connectivity index is 2.20. The van der Waals surface area contributed by atoms with Gasteiger partial charge < -0.3 is 0 Å². The van der Waals surface area contributed by atoms with E-state index in [1.807, 2.05) is 12.1 Å². The van der Waals surface area contributed by atoms with Crippen molar-refractivity contribution < 1.29 is 4.39 Å². The third kappa shape index (κ3) is 3.49. The molecular weight excluding hydrogens is 315 g/mol. The molecular formula is C18H20BrF. The van der Waals surface area contributed by atoms with E-state index < -0.39 is 0 Å². The molecule has 0 N–H and O–H groups in total. The lowest BCUT2D eigenvalue weighted by atomic mass is 10.00. The first-order valence-corrected chi connectivity index (χ1v) is 8.03. The van der Waals surface area contributed by atoms with Crippen molar-refractivity contribution in [2.24, 2.45) is 0 Å². The summed E-state index contributed by atoms with van der Waals surface area (Å²) in [7, 11) is 0. The SMILES string of the molecule is CCCCc1ccc(C(Br)c2cccc(C)c2F)cc1. The van der Waals surface area contributed by atoms with Gasteiger partial charge in [0.15, 0.2) is 0 Å². The minimum Gasteiger partial charge on any atom is -0.206 e. The fourth-order valence-corrected chi connectivity index (χ4v) is 2.94. The Kier molecular flexibility index (Phi) is 5.36. The minimum absolute atomic E-state index is 0.0948. The van der Waals surface area contributed by atoms with Gasteiger partial charge in [-0.3, -0.25) is 0 Å². The number of hydrogen-bond donors (Lipinski definition) is 0. The highest BCUT2D eigenvalue weighted by Gasteiger charge is 2.15. The first kappa shape index (κ1) is 15.2. The molecule has 20 heavy (non-hydrogen) atoms. The van der Waals surface area contributed by atoms with Crippen LogP contribution in [0.5, 0.6) is 0 Å². The second kappa shape index (κ2) is 7.03.